The van der Waals surface area contributed by atoms with E-state index in [1.54, 1.807) is 86.5 Å². The maximum atomic E-state index is 14.1. The van der Waals surface area contributed by atoms with Crippen LogP contribution in [-0.4, -0.2) is 134 Å². The monoisotopic (exact) mass is 1090 g/mol. The highest BCUT2D eigenvalue weighted by atomic mass is 16.5. The summed E-state index contributed by atoms with van der Waals surface area (Å²) in [6, 6.07) is 19.2. The summed E-state index contributed by atoms with van der Waals surface area (Å²) < 4.78 is 29.0. The molecule has 0 fully saturated rings. The van der Waals surface area contributed by atoms with Gasteiger partial charge in [0, 0.05) is 87.0 Å². The van der Waals surface area contributed by atoms with Gasteiger partial charge < -0.3 is 49.4 Å². The zero-order chi connectivity index (χ0) is 56.6. The van der Waals surface area contributed by atoms with Crippen molar-refractivity contribution in [1.29, 1.82) is 0 Å². The van der Waals surface area contributed by atoms with Crippen LogP contribution in [0, 0.1) is 5.92 Å². The van der Waals surface area contributed by atoms with Gasteiger partial charge in [0.2, 0.25) is 17.7 Å². The number of amides is 7. The number of ether oxygens (including phenoxy) is 5. The molecule has 4 atom stereocenters. The summed E-state index contributed by atoms with van der Waals surface area (Å²) in [5.41, 5.74) is 5.94. The Morgan fingerprint density at radius 3 is 1.64 bits per heavy atom. The molecule has 80 heavy (non-hydrogen) atoms. The maximum absolute atomic E-state index is 14.1. The van der Waals surface area contributed by atoms with Crippen LogP contribution in [0.5, 0.6) is 28.7 Å². The largest absolute Gasteiger partial charge is 0.497 e. The Kier molecular flexibility index (Phi) is 17.2. The summed E-state index contributed by atoms with van der Waals surface area (Å²) in [4.78, 5) is 105. The Balaban J connectivity index is 0.739. The van der Waals surface area contributed by atoms with Gasteiger partial charge in [-0.05, 0) is 84.4 Å². The highest BCUT2D eigenvalue weighted by Crippen LogP contribution is 2.42. The van der Waals surface area contributed by atoms with Crippen LogP contribution in [0.25, 0.3) is 11.1 Å². The molecule has 5 aliphatic rings. The first-order valence-corrected chi connectivity index (χ1v) is 26.7. The average Bonchev–Trinajstić information content (AvgIpc) is 4.15. The van der Waals surface area contributed by atoms with Crippen molar-refractivity contribution in [2.75, 3.05) is 46.4 Å². The molecular formula is C60H64N8O12. The molecule has 416 valence electrons. The molecule has 20 nitrogen and oxygen atoms in total. The molecule has 4 aromatic rings. The topological polar surface area (TPSA) is 236 Å². The first-order valence-electron chi connectivity index (χ1n) is 26.7. The molecule has 1 unspecified atom stereocenters. The molecule has 20 heteroatoms. The predicted molar refractivity (Wildman–Crippen MR) is 300 cm³/mol. The van der Waals surface area contributed by atoms with Gasteiger partial charge in [-0.1, -0.05) is 44.5 Å². The van der Waals surface area contributed by atoms with E-state index < -0.39 is 23.9 Å². The lowest BCUT2D eigenvalue weighted by atomic mass is 10.0. The van der Waals surface area contributed by atoms with Crippen molar-refractivity contribution in [2.24, 2.45) is 15.9 Å². The molecule has 0 aromatic heterocycles. The zero-order valence-electron chi connectivity index (χ0n) is 45.5. The van der Waals surface area contributed by atoms with E-state index in [9.17, 15) is 33.6 Å². The maximum Gasteiger partial charge on any atom is 0.260 e. The molecule has 5 heterocycles. The standard InChI is InChI=1S/C60H64N8O12/c1-35(2)56(65-53(69)11-8-7-9-22-66-54(70)20-21-55(66)71)58(73)63-36(3)57(72)64-41-16-12-37(13-17-41)39-25-42-31-61-47-29-51(49(77-5)27-45(47)59(74)67(42)33-39)79-23-10-24-80-52-30-48-46(28-50(52)78-6)60(75)68-34-40(26-43(68)32-62-48)38-14-18-44(76-4)19-15-38/h12-21,27-36,42-43,56H,7-11,22-26H2,1-6H3,(H,63,73)(H,64,72)(H,65,69)/t36-,42?,43-,56-/m0/s1. The van der Waals surface area contributed by atoms with Crippen molar-refractivity contribution in [3.05, 3.63) is 120 Å². The second-order valence-corrected chi connectivity index (χ2v) is 20.2. The average molecular weight is 1090 g/mol. The Morgan fingerprint density at radius 2 is 1.14 bits per heavy atom. The Bertz CT molecular complexity index is 3220. The van der Waals surface area contributed by atoms with Crippen LogP contribution in [-0.2, 0) is 24.0 Å². The predicted octanol–water partition coefficient (Wildman–Crippen LogP) is 7.57. The van der Waals surface area contributed by atoms with Crippen LogP contribution in [0.15, 0.2) is 107 Å². The van der Waals surface area contributed by atoms with E-state index in [4.69, 9.17) is 33.7 Å². The van der Waals surface area contributed by atoms with E-state index in [-0.39, 0.29) is 73.7 Å². The molecule has 0 spiro atoms. The molecule has 5 aliphatic heterocycles. The smallest absolute Gasteiger partial charge is 0.260 e. The lowest BCUT2D eigenvalue weighted by molar-refractivity contribution is -0.137. The Morgan fingerprint density at radius 1 is 0.613 bits per heavy atom. The van der Waals surface area contributed by atoms with Crippen LogP contribution in [0.4, 0.5) is 17.1 Å². The molecule has 0 saturated heterocycles. The van der Waals surface area contributed by atoms with E-state index in [0.29, 0.717) is 89.7 Å². The number of carbonyl (C=O) groups is 7. The van der Waals surface area contributed by atoms with E-state index in [0.717, 1.165) is 32.9 Å². The molecule has 0 bridgehead atoms. The number of anilines is 1. The second-order valence-electron chi connectivity index (χ2n) is 20.2. The summed E-state index contributed by atoms with van der Waals surface area (Å²) >= 11 is 0. The van der Waals surface area contributed by atoms with Gasteiger partial charge in [-0.3, -0.25) is 48.4 Å². The minimum absolute atomic E-state index is 0.162. The van der Waals surface area contributed by atoms with Gasteiger partial charge in [-0.15, -0.1) is 0 Å². The normalized spacial score (nSPS) is 17.6. The molecule has 0 saturated carbocycles. The quantitative estimate of drug-likeness (QED) is 0.0482. The van der Waals surface area contributed by atoms with Crippen LogP contribution in [0.1, 0.15) is 97.6 Å². The van der Waals surface area contributed by atoms with Crippen molar-refractivity contribution in [3.8, 4) is 28.7 Å². The minimum atomic E-state index is -0.926. The van der Waals surface area contributed by atoms with Crippen molar-refractivity contribution in [3.63, 3.8) is 0 Å². The van der Waals surface area contributed by atoms with E-state index >= 15 is 0 Å². The van der Waals surface area contributed by atoms with Gasteiger partial charge in [0.25, 0.3) is 23.6 Å². The number of carbonyl (C=O) groups excluding carboxylic acids is 7. The van der Waals surface area contributed by atoms with Gasteiger partial charge in [-0.25, -0.2) is 0 Å². The lowest BCUT2D eigenvalue weighted by Crippen LogP contribution is -2.53. The lowest BCUT2D eigenvalue weighted by Gasteiger charge is -2.24. The van der Waals surface area contributed by atoms with Crippen LogP contribution in [0.3, 0.4) is 0 Å². The van der Waals surface area contributed by atoms with E-state index in [1.807, 2.05) is 48.8 Å². The highest BCUT2D eigenvalue weighted by molar-refractivity contribution is 6.13. The number of aliphatic imine (C=N–C) groups is 2. The number of rotatable bonds is 23. The first kappa shape index (κ1) is 55.7. The Hall–Kier alpha value is -9.07. The fraction of sp³-hybridized carbons (Fsp3) is 0.350. The minimum Gasteiger partial charge on any atom is -0.497 e. The van der Waals surface area contributed by atoms with Crippen molar-refractivity contribution in [1.82, 2.24) is 25.3 Å². The number of hydrogen-bond donors (Lipinski definition) is 3. The summed E-state index contributed by atoms with van der Waals surface area (Å²) in [6.45, 7) is 5.94. The molecule has 4 aromatic carbocycles. The molecule has 0 aliphatic carbocycles. The van der Waals surface area contributed by atoms with Gasteiger partial charge >= 0.3 is 0 Å². The number of imide groups is 1. The number of fused-ring (bicyclic) bond motifs is 4. The molecular weight excluding hydrogens is 1020 g/mol. The molecule has 3 N–H and O–H groups in total. The second kappa shape index (κ2) is 24.7. The number of unbranched alkanes of at least 4 members (excludes halogenated alkanes) is 2. The van der Waals surface area contributed by atoms with Crippen molar-refractivity contribution in [2.45, 2.75) is 89.9 Å². The molecule has 7 amide bonds. The number of hydrogen-bond acceptors (Lipinski definition) is 14. The number of methoxy groups -OCH3 is 3. The number of nitrogens with one attached hydrogen (secondary N) is 3. The molecule has 9 rings (SSSR count). The van der Waals surface area contributed by atoms with E-state index in [2.05, 4.69) is 16.0 Å². The third-order valence-corrected chi connectivity index (χ3v) is 14.4. The van der Waals surface area contributed by atoms with Gasteiger partial charge in [0.05, 0.1) is 69.1 Å². The highest BCUT2D eigenvalue weighted by Gasteiger charge is 2.36. The fourth-order valence-corrected chi connectivity index (χ4v) is 9.92. The van der Waals surface area contributed by atoms with Crippen LogP contribution in [0.2, 0.25) is 0 Å². The SMILES string of the molecule is COc1ccc(C2=CN3C(=O)c4cc(OC)c(OCCCOc5cc6c(cc5OC)C(=O)N5C=C(c7ccc(NC(=O)[C@H](C)NC(=O)[C@@H](NC(=O)CCCCCN8C(=O)C=CC8=O)C(C)C)cc7)CC5C=N6)cc4N=C[C@@H]3C2)cc1. The third kappa shape index (κ3) is 12.4. The van der Waals surface area contributed by atoms with Gasteiger partial charge in [-0.2, -0.15) is 0 Å². The first-order chi connectivity index (χ1) is 38.6. The van der Waals surface area contributed by atoms with Crippen molar-refractivity contribution < 1.29 is 57.2 Å². The summed E-state index contributed by atoms with van der Waals surface area (Å²) in [6.07, 6.45) is 13.1. The third-order valence-electron chi connectivity index (χ3n) is 14.4. The summed E-state index contributed by atoms with van der Waals surface area (Å²) in [5, 5.41) is 8.34. The molecule has 0 radical (unpaired) electrons. The Labute approximate surface area is 463 Å². The number of nitrogens with zero attached hydrogens (tertiary/aromatic N) is 5. The van der Waals surface area contributed by atoms with Gasteiger partial charge in [0.15, 0.2) is 23.0 Å². The van der Waals surface area contributed by atoms with Crippen LogP contribution >= 0.6 is 0 Å². The van der Waals surface area contributed by atoms with Crippen LogP contribution < -0.4 is 39.6 Å². The number of benzene rings is 4. The fourth-order valence-electron chi connectivity index (χ4n) is 9.92. The van der Waals surface area contributed by atoms with E-state index in [1.165, 1.54) is 26.4 Å². The van der Waals surface area contributed by atoms with Gasteiger partial charge in [0.1, 0.15) is 17.8 Å². The summed E-state index contributed by atoms with van der Waals surface area (Å²) in [7, 11) is 4.65. The zero-order valence-corrected chi connectivity index (χ0v) is 45.5. The van der Waals surface area contributed by atoms with Crippen molar-refractivity contribution >= 4 is 82.0 Å². The summed E-state index contributed by atoms with van der Waals surface area (Å²) in [5.74, 6) is -0.270.